The Bertz CT molecular complexity index is 553. The summed E-state index contributed by atoms with van der Waals surface area (Å²) in [5.74, 6) is -0.140. The molecule has 1 unspecified atom stereocenters. The van der Waals surface area contributed by atoms with E-state index in [2.05, 4.69) is 45.9 Å². The molecule has 0 aliphatic heterocycles. The second-order valence-corrected chi connectivity index (χ2v) is 6.22. The number of thiophene rings is 1. The van der Waals surface area contributed by atoms with Crippen molar-refractivity contribution in [2.24, 2.45) is 0 Å². The summed E-state index contributed by atoms with van der Waals surface area (Å²) in [7, 11) is 0. The summed E-state index contributed by atoms with van der Waals surface area (Å²) in [6.07, 6.45) is 0.663. The maximum Gasteiger partial charge on any atom is 0.126 e. The zero-order valence-corrected chi connectivity index (χ0v) is 13.4. The molecule has 0 fully saturated rings. The van der Waals surface area contributed by atoms with Crippen LogP contribution in [-0.2, 0) is 6.42 Å². The average Bonchev–Trinajstić information content (AvgIpc) is 2.79. The molecule has 19 heavy (non-hydrogen) atoms. The van der Waals surface area contributed by atoms with Gasteiger partial charge in [0.2, 0.25) is 0 Å². The summed E-state index contributed by atoms with van der Waals surface area (Å²) in [6, 6.07) is 5.28. The first-order valence-electron chi connectivity index (χ1n) is 6.31. The SMILES string of the molecule is CCNC(Cc1cc(Br)ccc1F)c1cscc1C. The van der Waals surface area contributed by atoms with Crippen molar-refractivity contribution < 1.29 is 4.39 Å². The molecule has 1 nitrogen and oxygen atoms in total. The molecule has 0 radical (unpaired) electrons. The summed E-state index contributed by atoms with van der Waals surface area (Å²) in [5.41, 5.74) is 3.28. The molecule has 1 heterocycles. The molecular formula is C15H17BrFNS. The topological polar surface area (TPSA) is 12.0 Å². The van der Waals surface area contributed by atoms with E-state index in [-0.39, 0.29) is 11.9 Å². The number of halogens is 2. The number of hydrogen-bond donors (Lipinski definition) is 1. The molecule has 0 amide bonds. The minimum Gasteiger partial charge on any atom is -0.310 e. The first-order chi connectivity index (χ1) is 9.11. The van der Waals surface area contributed by atoms with E-state index in [1.807, 2.05) is 6.07 Å². The maximum absolute atomic E-state index is 13.9. The lowest BCUT2D eigenvalue weighted by atomic mass is 9.98. The third-order valence-electron chi connectivity index (χ3n) is 3.15. The van der Waals surface area contributed by atoms with Gasteiger partial charge in [0.1, 0.15) is 5.82 Å². The highest BCUT2D eigenvalue weighted by atomic mass is 79.9. The van der Waals surface area contributed by atoms with Gasteiger partial charge in [-0.15, -0.1) is 0 Å². The van der Waals surface area contributed by atoms with Crippen LogP contribution in [0, 0.1) is 12.7 Å². The zero-order chi connectivity index (χ0) is 13.8. The molecule has 1 aromatic carbocycles. The van der Waals surface area contributed by atoms with Crippen molar-refractivity contribution in [3.63, 3.8) is 0 Å². The van der Waals surface area contributed by atoms with E-state index in [4.69, 9.17) is 0 Å². The van der Waals surface area contributed by atoms with Gasteiger partial charge in [-0.25, -0.2) is 4.39 Å². The second kappa shape index (κ2) is 6.64. The van der Waals surface area contributed by atoms with Crippen molar-refractivity contribution in [1.82, 2.24) is 5.32 Å². The van der Waals surface area contributed by atoms with Crippen LogP contribution >= 0.6 is 27.3 Å². The number of aryl methyl sites for hydroxylation is 1. The molecule has 0 spiro atoms. The molecule has 0 aliphatic carbocycles. The van der Waals surface area contributed by atoms with Gasteiger partial charge in [0.25, 0.3) is 0 Å². The normalized spacial score (nSPS) is 12.6. The molecule has 1 aromatic heterocycles. The Hall–Kier alpha value is -0.710. The molecule has 2 aromatic rings. The van der Waals surface area contributed by atoms with E-state index in [0.717, 1.165) is 16.6 Å². The van der Waals surface area contributed by atoms with Crippen molar-refractivity contribution in [3.05, 3.63) is 55.9 Å². The Balaban J connectivity index is 2.26. The number of hydrogen-bond acceptors (Lipinski definition) is 2. The predicted octanol–water partition coefficient (Wildman–Crippen LogP) is 4.85. The first kappa shape index (κ1) is 14.7. The minimum atomic E-state index is -0.140. The van der Waals surface area contributed by atoms with E-state index in [9.17, 15) is 4.39 Å². The van der Waals surface area contributed by atoms with Crippen LogP contribution in [-0.4, -0.2) is 6.54 Å². The molecule has 102 valence electrons. The van der Waals surface area contributed by atoms with Crippen LogP contribution in [0.1, 0.15) is 29.7 Å². The van der Waals surface area contributed by atoms with Gasteiger partial charge in [-0.3, -0.25) is 0 Å². The Morgan fingerprint density at radius 2 is 2.16 bits per heavy atom. The van der Waals surface area contributed by atoms with Crippen molar-refractivity contribution >= 4 is 27.3 Å². The van der Waals surface area contributed by atoms with Crippen LogP contribution in [0.25, 0.3) is 0 Å². The number of nitrogens with one attached hydrogen (secondary N) is 1. The lowest BCUT2D eigenvalue weighted by Crippen LogP contribution is -2.23. The molecule has 0 saturated carbocycles. The van der Waals surface area contributed by atoms with Crippen molar-refractivity contribution in [3.8, 4) is 0 Å². The summed E-state index contributed by atoms with van der Waals surface area (Å²) < 4.78 is 14.8. The van der Waals surface area contributed by atoms with Gasteiger partial charge in [-0.2, -0.15) is 11.3 Å². The lowest BCUT2D eigenvalue weighted by Gasteiger charge is -2.19. The van der Waals surface area contributed by atoms with E-state index in [1.54, 1.807) is 17.4 Å². The van der Waals surface area contributed by atoms with Crippen LogP contribution < -0.4 is 5.32 Å². The number of likely N-dealkylation sites (N-methyl/N-ethyl adjacent to an activating group) is 1. The van der Waals surface area contributed by atoms with E-state index in [0.29, 0.717) is 6.42 Å². The summed E-state index contributed by atoms with van der Waals surface area (Å²) in [6.45, 7) is 5.05. The maximum atomic E-state index is 13.9. The van der Waals surface area contributed by atoms with Gasteiger partial charge in [-0.1, -0.05) is 22.9 Å². The Kier molecular flexibility index (Phi) is 5.13. The monoisotopic (exact) mass is 341 g/mol. The van der Waals surface area contributed by atoms with Gasteiger partial charge >= 0.3 is 0 Å². The fourth-order valence-electron chi connectivity index (χ4n) is 2.19. The molecular weight excluding hydrogens is 325 g/mol. The quantitative estimate of drug-likeness (QED) is 0.819. The van der Waals surface area contributed by atoms with E-state index < -0.39 is 0 Å². The fraction of sp³-hybridized carbons (Fsp3) is 0.333. The molecule has 1 N–H and O–H groups in total. The van der Waals surface area contributed by atoms with Crippen LogP contribution in [0.5, 0.6) is 0 Å². The van der Waals surface area contributed by atoms with Crippen LogP contribution in [0.4, 0.5) is 4.39 Å². The molecule has 4 heteroatoms. The highest BCUT2D eigenvalue weighted by Gasteiger charge is 2.16. The molecule has 0 saturated heterocycles. The largest absolute Gasteiger partial charge is 0.310 e. The smallest absolute Gasteiger partial charge is 0.126 e. The third kappa shape index (κ3) is 3.65. The van der Waals surface area contributed by atoms with Crippen LogP contribution in [0.3, 0.4) is 0 Å². The Labute approximate surface area is 126 Å². The Morgan fingerprint density at radius 3 is 2.79 bits per heavy atom. The van der Waals surface area contributed by atoms with Gasteiger partial charge in [0.05, 0.1) is 0 Å². The summed E-state index contributed by atoms with van der Waals surface area (Å²) in [5, 5.41) is 7.73. The average molecular weight is 342 g/mol. The predicted molar refractivity (Wildman–Crippen MR) is 83.3 cm³/mol. The molecule has 1 atom stereocenters. The van der Waals surface area contributed by atoms with Gasteiger partial charge in [-0.05, 0) is 65.5 Å². The highest BCUT2D eigenvalue weighted by molar-refractivity contribution is 9.10. The number of benzene rings is 1. The molecule has 0 aliphatic rings. The van der Waals surface area contributed by atoms with Gasteiger partial charge in [0, 0.05) is 10.5 Å². The van der Waals surface area contributed by atoms with E-state index in [1.165, 1.54) is 17.2 Å². The Morgan fingerprint density at radius 1 is 1.37 bits per heavy atom. The first-order valence-corrected chi connectivity index (χ1v) is 8.05. The standard InChI is InChI=1S/C15H17BrFNS/c1-3-18-15(13-9-19-8-10(13)2)7-11-6-12(16)4-5-14(11)17/h4-6,8-9,15,18H,3,7H2,1-2H3. The van der Waals surface area contributed by atoms with Crippen molar-refractivity contribution in [2.75, 3.05) is 6.54 Å². The number of rotatable bonds is 5. The molecule has 0 bridgehead atoms. The second-order valence-electron chi connectivity index (χ2n) is 4.56. The van der Waals surface area contributed by atoms with Crippen molar-refractivity contribution in [2.45, 2.75) is 26.3 Å². The van der Waals surface area contributed by atoms with E-state index >= 15 is 0 Å². The van der Waals surface area contributed by atoms with Crippen molar-refractivity contribution in [1.29, 1.82) is 0 Å². The molecule has 2 rings (SSSR count). The summed E-state index contributed by atoms with van der Waals surface area (Å²) >= 11 is 5.10. The summed E-state index contributed by atoms with van der Waals surface area (Å²) in [4.78, 5) is 0. The lowest BCUT2D eigenvalue weighted by molar-refractivity contribution is 0.527. The van der Waals surface area contributed by atoms with Crippen LogP contribution in [0.15, 0.2) is 33.4 Å². The highest BCUT2D eigenvalue weighted by Crippen LogP contribution is 2.27. The van der Waals surface area contributed by atoms with Gasteiger partial charge in [0.15, 0.2) is 0 Å². The third-order valence-corrected chi connectivity index (χ3v) is 4.53. The minimum absolute atomic E-state index is 0.140. The van der Waals surface area contributed by atoms with Crippen LogP contribution in [0.2, 0.25) is 0 Å². The zero-order valence-electron chi connectivity index (χ0n) is 11.0. The van der Waals surface area contributed by atoms with Gasteiger partial charge < -0.3 is 5.32 Å². The fourth-order valence-corrected chi connectivity index (χ4v) is 3.50.